The molecule has 2 aromatic rings. The van der Waals surface area contributed by atoms with E-state index in [2.05, 4.69) is 15.1 Å². The van der Waals surface area contributed by atoms with E-state index in [0.29, 0.717) is 30.7 Å². The average Bonchev–Trinajstić information content (AvgIpc) is 3.12. The number of hydrogen-bond acceptors (Lipinski definition) is 6. The highest BCUT2D eigenvalue weighted by Gasteiger charge is 2.67. The lowest BCUT2D eigenvalue weighted by Crippen LogP contribution is -2.57. The molecule has 3 unspecified atom stereocenters. The van der Waals surface area contributed by atoms with Crippen LogP contribution < -0.4 is 5.01 Å². The van der Waals surface area contributed by atoms with Crippen molar-refractivity contribution in [2.45, 2.75) is 30.9 Å². The first-order valence-electron chi connectivity index (χ1n) is 9.97. The highest BCUT2D eigenvalue weighted by Crippen LogP contribution is 2.55. The smallest absolute Gasteiger partial charge is 0.387 e. The molecule has 17 heteroatoms. The standard InChI is InChI=1S/C20H15F9I2N4O2/c21-18(22,23)10-1-9(5-32-6-10)14(36)17(12(3-30)4-31)15(20(27,28)29)34-35(16(17)37)13-2-11(7-33-8-13)19(24,25)26/h1-2,5-8,12,14,16,36-37H,3-4H2. The number of nitrogens with zero attached hydrogens (tertiary/aromatic N) is 4. The van der Waals surface area contributed by atoms with E-state index in [1.807, 2.05) is 0 Å². The van der Waals surface area contributed by atoms with Crippen LogP contribution in [0.4, 0.5) is 45.2 Å². The minimum atomic E-state index is -5.35. The van der Waals surface area contributed by atoms with Crippen molar-refractivity contribution < 1.29 is 49.7 Å². The van der Waals surface area contributed by atoms with Crippen LogP contribution in [0.3, 0.4) is 0 Å². The first-order chi connectivity index (χ1) is 17.0. The number of alkyl halides is 11. The lowest BCUT2D eigenvalue weighted by molar-refractivity contribution is -0.138. The number of pyridine rings is 2. The predicted molar refractivity (Wildman–Crippen MR) is 129 cm³/mol. The van der Waals surface area contributed by atoms with Gasteiger partial charge >= 0.3 is 18.5 Å². The van der Waals surface area contributed by atoms with Crippen molar-refractivity contribution in [3.63, 3.8) is 0 Å². The van der Waals surface area contributed by atoms with Gasteiger partial charge in [0.25, 0.3) is 0 Å². The minimum Gasteiger partial charge on any atom is -0.387 e. The average molecular weight is 768 g/mol. The number of aliphatic hydroxyl groups is 2. The van der Waals surface area contributed by atoms with E-state index < -0.39 is 70.3 Å². The fraction of sp³-hybridized carbons (Fsp3) is 0.450. The zero-order valence-corrected chi connectivity index (χ0v) is 22.3. The van der Waals surface area contributed by atoms with Crippen LogP contribution >= 0.6 is 45.2 Å². The summed E-state index contributed by atoms with van der Waals surface area (Å²) in [6, 6.07) is 0.803. The minimum absolute atomic E-state index is 0.148. The molecule has 204 valence electrons. The topological polar surface area (TPSA) is 81.8 Å². The van der Waals surface area contributed by atoms with E-state index in [-0.39, 0.29) is 13.9 Å². The summed E-state index contributed by atoms with van der Waals surface area (Å²) in [7, 11) is 0. The Balaban J connectivity index is 2.28. The van der Waals surface area contributed by atoms with Crippen molar-refractivity contribution >= 4 is 56.6 Å². The lowest BCUT2D eigenvalue weighted by Gasteiger charge is -2.44. The second kappa shape index (κ2) is 10.6. The number of aliphatic hydroxyl groups excluding tert-OH is 2. The first-order valence-corrected chi connectivity index (χ1v) is 13.0. The molecule has 0 spiro atoms. The molecule has 6 nitrogen and oxygen atoms in total. The summed E-state index contributed by atoms with van der Waals surface area (Å²) < 4.78 is 122. The van der Waals surface area contributed by atoms with Crippen LogP contribution in [0.2, 0.25) is 0 Å². The van der Waals surface area contributed by atoms with E-state index in [9.17, 15) is 49.7 Å². The molecule has 0 amide bonds. The Morgan fingerprint density at radius 2 is 1.35 bits per heavy atom. The fourth-order valence-corrected chi connectivity index (χ4v) is 7.29. The third kappa shape index (κ3) is 5.63. The Morgan fingerprint density at radius 3 is 1.84 bits per heavy atom. The third-order valence-corrected chi connectivity index (χ3v) is 7.89. The van der Waals surface area contributed by atoms with Crippen molar-refractivity contribution in [2.24, 2.45) is 16.4 Å². The van der Waals surface area contributed by atoms with Gasteiger partial charge < -0.3 is 10.2 Å². The van der Waals surface area contributed by atoms with Crippen molar-refractivity contribution in [1.82, 2.24) is 9.97 Å². The summed E-state index contributed by atoms with van der Waals surface area (Å²) in [6.07, 6.45) is -17.9. The summed E-state index contributed by atoms with van der Waals surface area (Å²) >= 11 is 3.37. The van der Waals surface area contributed by atoms with Crippen LogP contribution in [0.5, 0.6) is 0 Å². The second-order valence-electron chi connectivity index (χ2n) is 7.94. The molecule has 2 aromatic heterocycles. The SMILES string of the molecule is OC(c1cncc(C(F)(F)F)c1)C1(C(CI)CI)C(C(F)(F)F)=NN(c2cncc(C(F)(F)F)c2)C1O. The van der Waals surface area contributed by atoms with Gasteiger partial charge in [-0.3, -0.25) is 9.97 Å². The largest absolute Gasteiger partial charge is 0.432 e. The maximum atomic E-state index is 14.4. The van der Waals surface area contributed by atoms with Gasteiger partial charge in [-0.1, -0.05) is 45.2 Å². The number of anilines is 1. The maximum absolute atomic E-state index is 14.4. The van der Waals surface area contributed by atoms with Gasteiger partial charge in [-0.05, 0) is 18.1 Å². The molecule has 1 aliphatic rings. The summed E-state index contributed by atoms with van der Waals surface area (Å²) in [5.74, 6) is -1.27. The molecule has 3 rings (SSSR count). The molecule has 37 heavy (non-hydrogen) atoms. The molecule has 3 heterocycles. The predicted octanol–water partition coefficient (Wildman–Crippen LogP) is 5.78. The van der Waals surface area contributed by atoms with Crippen LogP contribution in [-0.2, 0) is 12.4 Å². The van der Waals surface area contributed by atoms with E-state index in [1.165, 1.54) is 0 Å². The van der Waals surface area contributed by atoms with Crippen molar-refractivity contribution in [1.29, 1.82) is 0 Å². The molecule has 0 radical (unpaired) electrons. The number of rotatable bonds is 6. The number of hydrogen-bond donors (Lipinski definition) is 2. The number of halogens is 11. The van der Waals surface area contributed by atoms with Gasteiger partial charge in [0, 0.05) is 33.0 Å². The molecule has 0 aliphatic carbocycles. The zero-order chi connectivity index (χ0) is 28.0. The molecular formula is C20H15F9I2N4O2. The Hall–Kier alpha value is -1.48. The van der Waals surface area contributed by atoms with E-state index in [0.717, 1.165) is 6.20 Å². The van der Waals surface area contributed by atoms with Crippen LogP contribution in [-0.4, -0.2) is 47.2 Å². The third-order valence-electron chi connectivity index (χ3n) is 5.76. The molecule has 0 aromatic carbocycles. The van der Waals surface area contributed by atoms with Crippen LogP contribution in [0, 0.1) is 11.3 Å². The van der Waals surface area contributed by atoms with E-state index in [1.54, 1.807) is 45.2 Å². The van der Waals surface area contributed by atoms with Crippen molar-refractivity contribution in [3.05, 3.63) is 53.6 Å². The van der Waals surface area contributed by atoms with Gasteiger partial charge in [0.1, 0.15) is 5.41 Å². The normalized spacial score (nSPS) is 21.9. The highest BCUT2D eigenvalue weighted by atomic mass is 127. The van der Waals surface area contributed by atoms with Crippen molar-refractivity contribution in [3.8, 4) is 0 Å². The molecule has 0 saturated carbocycles. The summed E-state index contributed by atoms with van der Waals surface area (Å²) in [6.45, 7) is 0. The number of hydrazone groups is 1. The second-order valence-corrected chi connectivity index (χ2v) is 9.70. The molecule has 0 bridgehead atoms. The van der Waals surface area contributed by atoms with E-state index in [4.69, 9.17) is 0 Å². The monoisotopic (exact) mass is 768 g/mol. The summed E-state index contributed by atoms with van der Waals surface area (Å²) in [4.78, 5) is 6.75. The molecular weight excluding hydrogens is 753 g/mol. The molecule has 0 saturated heterocycles. The first kappa shape index (κ1) is 30.1. The summed E-state index contributed by atoms with van der Waals surface area (Å²) in [5.41, 5.74) is -8.68. The Kier molecular flexibility index (Phi) is 8.61. The Bertz CT molecular complexity index is 1160. The molecule has 2 N–H and O–H groups in total. The fourth-order valence-electron chi connectivity index (χ4n) is 4.02. The molecule has 3 atom stereocenters. The summed E-state index contributed by atoms with van der Waals surface area (Å²) in [5, 5.41) is 26.2. The maximum Gasteiger partial charge on any atom is 0.432 e. The van der Waals surface area contributed by atoms with Crippen LogP contribution in [0.25, 0.3) is 0 Å². The van der Waals surface area contributed by atoms with Crippen molar-refractivity contribution in [2.75, 3.05) is 13.9 Å². The van der Waals surface area contributed by atoms with E-state index >= 15 is 0 Å². The van der Waals surface area contributed by atoms with Gasteiger partial charge in [-0.2, -0.15) is 44.6 Å². The van der Waals surface area contributed by atoms with Gasteiger partial charge in [0.15, 0.2) is 11.9 Å². The van der Waals surface area contributed by atoms with Gasteiger partial charge in [-0.25, -0.2) is 5.01 Å². The number of aromatic nitrogens is 2. The molecule has 0 fully saturated rings. The highest BCUT2D eigenvalue weighted by molar-refractivity contribution is 14.1. The Morgan fingerprint density at radius 1 is 0.838 bits per heavy atom. The van der Waals surface area contributed by atoms with Crippen LogP contribution in [0.1, 0.15) is 22.8 Å². The van der Waals surface area contributed by atoms with Crippen LogP contribution in [0.15, 0.2) is 42.0 Å². The Labute approximate surface area is 230 Å². The van der Waals surface area contributed by atoms with Gasteiger partial charge in [-0.15, -0.1) is 0 Å². The van der Waals surface area contributed by atoms with Gasteiger partial charge in [0.05, 0.1) is 29.1 Å². The zero-order valence-electron chi connectivity index (χ0n) is 18.0. The quantitative estimate of drug-likeness (QED) is 0.222. The molecule has 1 aliphatic heterocycles. The van der Waals surface area contributed by atoms with Gasteiger partial charge in [0.2, 0.25) is 0 Å². The lowest BCUT2D eigenvalue weighted by atomic mass is 9.66.